The minimum Gasteiger partial charge on any atom is -0.397 e. The summed E-state index contributed by atoms with van der Waals surface area (Å²) >= 11 is 0. The fourth-order valence-electron chi connectivity index (χ4n) is 2.97. The third kappa shape index (κ3) is 2.82. The maximum Gasteiger partial charge on any atom is 0.270 e. The summed E-state index contributed by atoms with van der Waals surface area (Å²) in [5.41, 5.74) is 7.01. The van der Waals surface area contributed by atoms with Crippen LogP contribution >= 0.6 is 0 Å². The molecule has 0 saturated heterocycles. The quantitative estimate of drug-likeness (QED) is 0.889. The van der Waals surface area contributed by atoms with Crippen LogP contribution in [0, 0.1) is 0 Å². The maximum atomic E-state index is 12.7. The van der Waals surface area contributed by atoms with E-state index in [0.717, 1.165) is 25.7 Å². The van der Waals surface area contributed by atoms with Crippen LogP contribution in [0.3, 0.4) is 0 Å². The largest absolute Gasteiger partial charge is 0.397 e. The van der Waals surface area contributed by atoms with E-state index in [1.54, 1.807) is 24.2 Å². The van der Waals surface area contributed by atoms with Crippen LogP contribution in [0.2, 0.25) is 0 Å². The fourth-order valence-corrected chi connectivity index (χ4v) is 2.97. The molecule has 1 saturated carbocycles. The molecule has 3 N–H and O–H groups in total. The van der Waals surface area contributed by atoms with E-state index in [9.17, 15) is 9.90 Å². The van der Waals surface area contributed by atoms with Gasteiger partial charge in [0, 0.05) is 19.3 Å². The Hall–Kier alpha value is -1.49. The molecule has 1 aliphatic carbocycles. The summed E-state index contributed by atoms with van der Waals surface area (Å²) in [5, 5.41) is 10.1. The number of carbonyl (C=O) groups is 1. The van der Waals surface area contributed by atoms with Crippen molar-refractivity contribution < 1.29 is 9.90 Å². The van der Waals surface area contributed by atoms with Crippen LogP contribution in [0.15, 0.2) is 12.3 Å². The molecule has 1 amide bonds. The summed E-state index contributed by atoms with van der Waals surface area (Å²) in [7, 11) is 1.77. The van der Waals surface area contributed by atoms with E-state index in [0.29, 0.717) is 11.4 Å². The Balaban J connectivity index is 2.22. The number of hydrogen-bond donors (Lipinski definition) is 2. The van der Waals surface area contributed by atoms with Crippen molar-refractivity contribution in [2.75, 3.05) is 12.8 Å². The summed E-state index contributed by atoms with van der Waals surface area (Å²) in [6.07, 6.45) is 5.11. The molecule has 2 unspecified atom stereocenters. The van der Waals surface area contributed by atoms with E-state index >= 15 is 0 Å². The molecular formula is C15H25N3O2. The van der Waals surface area contributed by atoms with Gasteiger partial charge < -0.3 is 20.3 Å². The third-order valence-electron chi connectivity index (χ3n) is 4.16. The molecule has 2 rings (SSSR count). The molecule has 1 aromatic rings. The number of aliphatic hydroxyl groups is 1. The molecule has 1 aliphatic rings. The number of hydrogen-bond acceptors (Lipinski definition) is 3. The first-order valence-electron chi connectivity index (χ1n) is 7.34. The van der Waals surface area contributed by atoms with Crippen molar-refractivity contribution in [2.24, 2.45) is 0 Å². The molecule has 112 valence electrons. The average Bonchev–Trinajstić information content (AvgIpc) is 2.80. The molecular weight excluding hydrogens is 254 g/mol. The van der Waals surface area contributed by atoms with Crippen LogP contribution in [0.5, 0.6) is 0 Å². The third-order valence-corrected chi connectivity index (χ3v) is 4.16. The van der Waals surface area contributed by atoms with E-state index in [2.05, 4.69) is 0 Å². The van der Waals surface area contributed by atoms with Crippen molar-refractivity contribution in [2.45, 2.75) is 57.7 Å². The van der Waals surface area contributed by atoms with Gasteiger partial charge in [-0.05, 0) is 32.8 Å². The average molecular weight is 279 g/mol. The zero-order valence-electron chi connectivity index (χ0n) is 12.5. The van der Waals surface area contributed by atoms with Crippen molar-refractivity contribution in [3.63, 3.8) is 0 Å². The van der Waals surface area contributed by atoms with Crippen molar-refractivity contribution in [1.82, 2.24) is 9.47 Å². The Kier molecular flexibility index (Phi) is 4.38. The van der Waals surface area contributed by atoms with Crippen LogP contribution in [0.1, 0.15) is 56.1 Å². The summed E-state index contributed by atoms with van der Waals surface area (Å²) in [6.45, 7) is 4.04. The van der Waals surface area contributed by atoms with Gasteiger partial charge in [-0.15, -0.1) is 0 Å². The summed E-state index contributed by atoms with van der Waals surface area (Å²) in [4.78, 5) is 14.3. The molecule has 2 atom stereocenters. The minimum atomic E-state index is -0.419. The smallest absolute Gasteiger partial charge is 0.270 e. The highest BCUT2D eigenvalue weighted by atomic mass is 16.3. The summed E-state index contributed by atoms with van der Waals surface area (Å²) in [6, 6.07) is 1.80. The van der Waals surface area contributed by atoms with Gasteiger partial charge in [0.2, 0.25) is 0 Å². The number of rotatable bonds is 3. The van der Waals surface area contributed by atoms with Crippen LogP contribution in [-0.2, 0) is 0 Å². The molecule has 0 spiro atoms. The lowest BCUT2D eigenvalue weighted by atomic mass is 9.91. The zero-order valence-corrected chi connectivity index (χ0v) is 12.5. The van der Waals surface area contributed by atoms with Gasteiger partial charge in [0.25, 0.3) is 5.91 Å². The number of carbonyl (C=O) groups excluding carboxylic acids is 1. The van der Waals surface area contributed by atoms with Gasteiger partial charge in [0.1, 0.15) is 5.69 Å². The number of aromatic nitrogens is 1. The van der Waals surface area contributed by atoms with Gasteiger partial charge in [0.05, 0.1) is 17.8 Å². The second kappa shape index (κ2) is 5.87. The van der Waals surface area contributed by atoms with Crippen molar-refractivity contribution >= 4 is 11.6 Å². The molecule has 0 bridgehead atoms. The van der Waals surface area contributed by atoms with Crippen LogP contribution in [0.4, 0.5) is 5.69 Å². The normalized spacial score (nSPS) is 23.1. The molecule has 20 heavy (non-hydrogen) atoms. The Morgan fingerprint density at radius 2 is 2.10 bits per heavy atom. The van der Waals surface area contributed by atoms with E-state index in [1.165, 1.54) is 0 Å². The van der Waals surface area contributed by atoms with E-state index < -0.39 is 6.10 Å². The van der Waals surface area contributed by atoms with Crippen LogP contribution in [0.25, 0.3) is 0 Å². The van der Waals surface area contributed by atoms with E-state index in [1.807, 2.05) is 18.4 Å². The Morgan fingerprint density at radius 1 is 1.45 bits per heavy atom. The number of amides is 1. The molecule has 1 fully saturated rings. The summed E-state index contributed by atoms with van der Waals surface area (Å²) < 4.78 is 1.89. The van der Waals surface area contributed by atoms with Gasteiger partial charge in [0.15, 0.2) is 0 Å². The molecule has 0 radical (unpaired) electrons. The minimum absolute atomic E-state index is 0.0682. The molecule has 5 nitrogen and oxygen atoms in total. The zero-order chi connectivity index (χ0) is 14.9. The number of nitrogen functional groups attached to an aromatic ring is 1. The molecule has 1 heterocycles. The van der Waals surface area contributed by atoms with Crippen molar-refractivity contribution in [1.29, 1.82) is 0 Å². The van der Waals surface area contributed by atoms with Crippen LogP contribution < -0.4 is 5.73 Å². The highest BCUT2D eigenvalue weighted by Crippen LogP contribution is 2.25. The first-order valence-corrected chi connectivity index (χ1v) is 7.34. The lowest BCUT2D eigenvalue weighted by molar-refractivity contribution is 0.0261. The number of aliphatic hydroxyl groups excluding tert-OH is 1. The van der Waals surface area contributed by atoms with Gasteiger partial charge in [-0.25, -0.2) is 0 Å². The second-order valence-corrected chi connectivity index (χ2v) is 5.99. The standard InChI is InChI=1S/C15H25N3O2/c1-10(2)18-9-11(16)8-13(18)15(20)17(3)12-6-4-5-7-14(12)19/h8-10,12,14,19H,4-7,16H2,1-3H3. The predicted octanol–water partition coefficient (Wildman–Crippen LogP) is 2.03. The lowest BCUT2D eigenvalue weighted by Gasteiger charge is -2.35. The molecule has 0 aliphatic heterocycles. The second-order valence-electron chi connectivity index (χ2n) is 5.99. The first-order chi connectivity index (χ1) is 9.41. The number of anilines is 1. The molecule has 1 aromatic heterocycles. The monoisotopic (exact) mass is 279 g/mol. The maximum absolute atomic E-state index is 12.7. The highest BCUT2D eigenvalue weighted by molar-refractivity contribution is 5.94. The van der Waals surface area contributed by atoms with E-state index in [4.69, 9.17) is 5.73 Å². The number of likely N-dealkylation sites (N-methyl/N-ethyl adjacent to an activating group) is 1. The predicted molar refractivity (Wildman–Crippen MR) is 79.6 cm³/mol. The van der Waals surface area contributed by atoms with Gasteiger partial charge in [-0.2, -0.15) is 0 Å². The number of nitrogens with zero attached hydrogens (tertiary/aromatic N) is 2. The topological polar surface area (TPSA) is 71.5 Å². The van der Waals surface area contributed by atoms with Crippen molar-refractivity contribution in [3.8, 4) is 0 Å². The van der Waals surface area contributed by atoms with Crippen molar-refractivity contribution in [3.05, 3.63) is 18.0 Å². The summed E-state index contributed by atoms with van der Waals surface area (Å²) in [5.74, 6) is -0.0682. The molecule has 5 heteroatoms. The molecule has 0 aromatic carbocycles. The Bertz CT molecular complexity index is 481. The van der Waals surface area contributed by atoms with Crippen LogP contribution in [-0.4, -0.2) is 39.7 Å². The first kappa shape index (κ1) is 14.9. The number of nitrogens with two attached hydrogens (primary N) is 1. The Morgan fingerprint density at radius 3 is 2.70 bits per heavy atom. The lowest BCUT2D eigenvalue weighted by Crippen LogP contribution is -2.46. The van der Waals surface area contributed by atoms with Gasteiger partial charge >= 0.3 is 0 Å². The van der Waals surface area contributed by atoms with Gasteiger partial charge in [-0.1, -0.05) is 12.8 Å². The fraction of sp³-hybridized carbons (Fsp3) is 0.667. The highest BCUT2D eigenvalue weighted by Gasteiger charge is 2.31. The Labute approximate surface area is 120 Å². The van der Waals surface area contributed by atoms with E-state index in [-0.39, 0.29) is 18.0 Å². The SMILES string of the molecule is CC(C)n1cc(N)cc1C(=O)N(C)C1CCCCC1O. The van der Waals surface area contributed by atoms with Gasteiger partial charge in [-0.3, -0.25) is 4.79 Å².